The zero-order valence-electron chi connectivity index (χ0n) is 18.7. The third-order valence-corrected chi connectivity index (χ3v) is 8.58. The molecule has 0 aliphatic heterocycles. The summed E-state index contributed by atoms with van der Waals surface area (Å²) in [5, 5.41) is 3.57. The van der Waals surface area contributed by atoms with Crippen LogP contribution in [0.15, 0.2) is 53.4 Å². The van der Waals surface area contributed by atoms with E-state index < -0.39 is 10.0 Å². The number of benzene rings is 2. The number of nitrogens with zero attached hydrogens (tertiary/aromatic N) is 1. The van der Waals surface area contributed by atoms with Crippen molar-refractivity contribution in [3.63, 3.8) is 0 Å². The topological polar surface area (TPSA) is 75.7 Å². The lowest BCUT2D eigenvalue weighted by Crippen LogP contribution is -2.41. The third-order valence-electron chi connectivity index (χ3n) is 5.41. The molecule has 2 aromatic carbocycles. The normalized spacial score (nSPS) is 14.3. The molecule has 174 valence electrons. The molecule has 0 aromatic heterocycles. The van der Waals surface area contributed by atoms with Crippen molar-refractivity contribution in [2.24, 2.45) is 0 Å². The Labute approximate surface area is 195 Å². The number of rotatable bonds is 11. The molecule has 0 bridgehead atoms. The molecule has 1 saturated carbocycles. The number of hydrogen-bond acceptors (Lipinski definition) is 5. The van der Waals surface area contributed by atoms with Crippen molar-refractivity contribution in [2.45, 2.75) is 49.7 Å². The molecule has 1 amide bonds. The fourth-order valence-electron chi connectivity index (χ4n) is 3.69. The van der Waals surface area contributed by atoms with Crippen LogP contribution in [0.3, 0.4) is 0 Å². The maximum absolute atomic E-state index is 13.4. The molecule has 2 aromatic rings. The van der Waals surface area contributed by atoms with E-state index in [1.807, 2.05) is 25.6 Å². The first-order valence-electron chi connectivity index (χ1n) is 11.1. The van der Waals surface area contributed by atoms with Crippen LogP contribution in [0.4, 0.5) is 5.69 Å². The Balaban J connectivity index is 1.72. The van der Waals surface area contributed by atoms with Crippen molar-refractivity contribution in [3.8, 4) is 5.75 Å². The quantitative estimate of drug-likeness (QED) is 0.487. The van der Waals surface area contributed by atoms with E-state index in [2.05, 4.69) is 5.32 Å². The molecular weight excluding hydrogens is 444 g/mol. The Morgan fingerprint density at radius 1 is 1.09 bits per heavy atom. The minimum atomic E-state index is -3.91. The Kier molecular flexibility index (Phi) is 8.87. The average Bonchev–Trinajstić information content (AvgIpc) is 3.30. The molecule has 0 saturated heterocycles. The fourth-order valence-corrected chi connectivity index (χ4v) is 6.33. The van der Waals surface area contributed by atoms with E-state index in [0.29, 0.717) is 29.8 Å². The zero-order valence-corrected chi connectivity index (χ0v) is 20.4. The second-order valence-corrected chi connectivity index (χ2v) is 11.1. The monoisotopic (exact) mass is 476 g/mol. The van der Waals surface area contributed by atoms with Gasteiger partial charge in [-0.2, -0.15) is 11.8 Å². The largest absolute Gasteiger partial charge is 0.494 e. The highest BCUT2D eigenvalue weighted by molar-refractivity contribution is 7.99. The van der Waals surface area contributed by atoms with Gasteiger partial charge < -0.3 is 10.1 Å². The number of sulfonamides is 1. The molecule has 0 heterocycles. The Bertz CT molecular complexity index is 970. The van der Waals surface area contributed by atoms with Crippen molar-refractivity contribution in [3.05, 3.63) is 54.1 Å². The van der Waals surface area contributed by atoms with Gasteiger partial charge >= 0.3 is 0 Å². The number of amides is 1. The lowest BCUT2D eigenvalue weighted by Gasteiger charge is -2.24. The molecule has 0 spiro atoms. The van der Waals surface area contributed by atoms with Gasteiger partial charge in [0.25, 0.3) is 10.0 Å². The van der Waals surface area contributed by atoms with Gasteiger partial charge in [0.15, 0.2) is 0 Å². The van der Waals surface area contributed by atoms with Crippen LogP contribution in [0.25, 0.3) is 0 Å². The Morgan fingerprint density at radius 2 is 1.75 bits per heavy atom. The standard InChI is InChI=1S/C24H32N2O4S2/c1-3-30-21-12-10-20(11-13-21)26(32(28,29)23-14-8-19(2)9-15-23)18-24(27)25-16-17-31-22-6-4-5-7-22/h8-15,22H,3-7,16-18H2,1-2H3,(H,25,27). The summed E-state index contributed by atoms with van der Waals surface area (Å²) in [7, 11) is -3.91. The summed E-state index contributed by atoms with van der Waals surface area (Å²) < 4.78 is 33.4. The van der Waals surface area contributed by atoms with Gasteiger partial charge in [0.05, 0.1) is 17.2 Å². The lowest BCUT2D eigenvalue weighted by atomic mass is 10.2. The lowest BCUT2D eigenvalue weighted by molar-refractivity contribution is -0.119. The SMILES string of the molecule is CCOc1ccc(N(CC(=O)NCCSC2CCCC2)S(=O)(=O)c2ccc(C)cc2)cc1. The summed E-state index contributed by atoms with van der Waals surface area (Å²) in [6.07, 6.45) is 5.08. The van der Waals surface area contributed by atoms with Crippen LogP contribution in [-0.4, -0.2) is 45.0 Å². The maximum Gasteiger partial charge on any atom is 0.264 e. The highest BCUT2D eigenvalue weighted by Gasteiger charge is 2.27. The smallest absolute Gasteiger partial charge is 0.264 e. The Hall–Kier alpha value is -2.19. The molecule has 32 heavy (non-hydrogen) atoms. The summed E-state index contributed by atoms with van der Waals surface area (Å²) in [5.41, 5.74) is 1.39. The molecule has 1 N–H and O–H groups in total. The Morgan fingerprint density at radius 3 is 2.38 bits per heavy atom. The average molecular weight is 477 g/mol. The number of carbonyl (C=O) groups is 1. The minimum absolute atomic E-state index is 0.154. The maximum atomic E-state index is 13.4. The van der Waals surface area contributed by atoms with Gasteiger partial charge in [-0.15, -0.1) is 0 Å². The zero-order chi connectivity index (χ0) is 23.0. The van der Waals surface area contributed by atoms with E-state index in [-0.39, 0.29) is 17.3 Å². The van der Waals surface area contributed by atoms with Crippen LogP contribution in [0.2, 0.25) is 0 Å². The van der Waals surface area contributed by atoms with Crippen LogP contribution in [0.1, 0.15) is 38.2 Å². The number of aryl methyl sites for hydroxylation is 1. The van der Waals surface area contributed by atoms with Crippen molar-refractivity contribution in [1.29, 1.82) is 0 Å². The molecular formula is C24H32N2O4S2. The summed E-state index contributed by atoms with van der Waals surface area (Å²) in [6, 6.07) is 13.4. The van der Waals surface area contributed by atoms with Crippen LogP contribution in [-0.2, 0) is 14.8 Å². The second kappa shape index (κ2) is 11.6. The summed E-state index contributed by atoms with van der Waals surface area (Å²) in [5.74, 6) is 1.17. The van der Waals surface area contributed by atoms with Crippen molar-refractivity contribution >= 4 is 33.4 Å². The molecule has 0 unspecified atom stereocenters. The van der Waals surface area contributed by atoms with Crippen LogP contribution >= 0.6 is 11.8 Å². The predicted molar refractivity (Wildman–Crippen MR) is 131 cm³/mol. The highest BCUT2D eigenvalue weighted by Crippen LogP contribution is 2.29. The first-order valence-corrected chi connectivity index (χ1v) is 13.6. The van der Waals surface area contributed by atoms with Crippen molar-refractivity contribution in [2.75, 3.05) is 29.8 Å². The van der Waals surface area contributed by atoms with Gasteiger partial charge in [-0.3, -0.25) is 9.10 Å². The highest BCUT2D eigenvalue weighted by atomic mass is 32.2. The number of carbonyl (C=O) groups excluding carboxylic acids is 1. The third kappa shape index (κ3) is 6.65. The molecule has 6 nitrogen and oxygen atoms in total. The van der Waals surface area contributed by atoms with Crippen LogP contribution in [0, 0.1) is 6.92 Å². The number of hydrogen-bond donors (Lipinski definition) is 1. The van der Waals surface area contributed by atoms with Gasteiger partial charge in [-0.05, 0) is 63.1 Å². The van der Waals surface area contributed by atoms with E-state index in [0.717, 1.165) is 15.6 Å². The van der Waals surface area contributed by atoms with Crippen molar-refractivity contribution < 1.29 is 17.9 Å². The van der Waals surface area contributed by atoms with E-state index in [4.69, 9.17) is 4.74 Å². The summed E-state index contributed by atoms with van der Waals surface area (Å²) in [4.78, 5) is 12.8. The van der Waals surface area contributed by atoms with Gasteiger partial charge in [-0.1, -0.05) is 30.5 Å². The van der Waals surface area contributed by atoms with Crippen molar-refractivity contribution in [1.82, 2.24) is 5.32 Å². The fraction of sp³-hybridized carbons (Fsp3) is 0.458. The van der Waals surface area contributed by atoms with E-state index in [1.165, 1.54) is 25.7 Å². The van der Waals surface area contributed by atoms with E-state index in [9.17, 15) is 13.2 Å². The molecule has 0 radical (unpaired) electrons. The second-order valence-electron chi connectivity index (χ2n) is 7.88. The van der Waals surface area contributed by atoms with Gasteiger partial charge in [0.2, 0.25) is 5.91 Å². The van der Waals surface area contributed by atoms with Gasteiger partial charge in [0, 0.05) is 17.5 Å². The molecule has 1 aliphatic rings. The van der Waals surface area contributed by atoms with Crippen LogP contribution in [0.5, 0.6) is 5.75 Å². The predicted octanol–water partition coefficient (Wildman–Crippen LogP) is 4.38. The molecule has 3 rings (SSSR count). The number of nitrogens with one attached hydrogen (secondary N) is 1. The molecule has 1 aliphatic carbocycles. The van der Waals surface area contributed by atoms with Gasteiger partial charge in [-0.25, -0.2) is 8.42 Å². The first-order chi connectivity index (χ1) is 15.4. The number of thioether (sulfide) groups is 1. The van der Waals surface area contributed by atoms with Gasteiger partial charge in [0.1, 0.15) is 12.3 Å². The molecule has 0 atom stereocenters. The molecule has 8 heteroatoms. The number of ether oxygens (including phenoxy) is 1. The first kappa shape index (κ1) is 24.5. The minimum Gasteiger partial charge on any atom is -0.494 e. The summed E-state index contributed by atoms with van der Waals surface area (Å²) >= 11 is 1.89. The molecule has 1 fully saturated rings. The van der Waals surface area contributed by atoms with E-state index >= 15 is 0 Å². The summed E-state index contributed by atoms with van der Waals surface area (Å²) in [6.45, 7) is 4.56. The van der Waals surface area contributed by atoms with E-state index in [1.54, 1.807) is 48.5 Å². The number of anilines is 1. The van der Waals surface area contributed by atoms with Crippen LogP contribution < -0.4 is 14.4 Å².